The Morgan fingerprint density at radius 3 is 2.45 bits per heavy atom. The van der Waals surface area contributed by atoms with E-state index in [1.807, 2.05) is 6.08 Å². The zero-order chi connectivity index (χ0) is 8.69. The fourth-order valence-corrected chi connectivity index (χ4v) is 1.29. The molecule has 0 saturated carbocycles. The molecule has 0 spiro atoms. The minimum Gasteiger partial charge on any atom is -0.103 e. The Morgan fingerprint density at radius 1 is 1.36 bits per heavy atom. The van der Waals surface area contributed by atoms with Gasteiger partial charge in [-0.05, 0) is 25.2 Å². The second-order valence-corrected chi connectivity index (χ2v) is 4.51. The van der Waals surface area contributed by atoms with Crippen LogP contribution in [0.2, 0.25) is 0 Å². The van der Waals surface area contributed by atoms with Crippen LogP contribution in [-0.2, 0) is 0 Å². The van der Waals surface area contributed by atoms with E-state index in [0.29, 0.717) is 4.83 Å². The molecule has 0 aromatic rings. The molecule has 11 heavy (non-hydrogen) atoms. The largest absolute Gasteiger partial charge is 0.103 e. The van der Waals surface area contributed by atoms with Crippen LogP contribution in [0.15, 0.2) is 12.7 Å². The molecule has 0 aliphatic carbocycles. The third kappa shape index (κ3) is 6.61. The number of hydrogen-bond acceptors (Lipinski definition) is 0. The van der Waals surface area contributed by atoms with Crippen LogP contribution in [0.5, 0.6) is 0 Å². The van der Waals surface area contributed by atoms with Crippen LogP contribution >= 0.6 is 15.9 Å². The molecule has 0 radical (unpaired) electrons. The summed E-state index contributed by atoms with van der Waals surface area (Å²) in [6.45, 7) is 8.21. The van der Waals surface area contributed by atoms with Gasteiger partial charge in [-0.15, -0.1) is 6.58 Å². The molecule has 1 heteroatoms. The Balaban J connectivity index is 3.17. The van der Waals surface area contributed by atoms with Crippen LogP contribution in [-0.4, -0.2) is 4.83 Å². The van der Waals surface area contributed by atoms with Gasteiger partial charge in [-0.1, -0.05) is 42.3 Å². The number of halogens is 1. The van der Waals surface area contributed by atoms with E-state index in [9.17, 15) is 0 Å². The number of unbranched alkanes of at least 4 members (excludes halogenated alkanes) is 2. The Kier molecular flexibility index (Phi) is 7.04. The van der Waals surface area contributed by atoms with Gasteiger partial charge in [0, 0.05) is 4.83 Å². The highest BCUT2D eigenvalue weighted by Gasteiger charge is 2.07. The lowest BCUT2D eigenvalue weighted by Crippen LogP contribution is -2.06. The minimum absolute atomic E-state index is 0.701. The first-order chi connectivity index (χ1) is 5.18. The van der Waals surface area contributed by atoms with Gasteiger partial charge >= 0.3 is 0 Å². The summed E-state index contributed by atoms with van der Waals surface area (Å²) in [7, 11) is 0. The standard InChI is InChI=1S/C10H19Br/c1-4-5-6-7-8-10(11)9(2)3/h4,9-10H,1,5-8H2,2-3H3. The smallest absolute Gasteiger partial charge is 0.0168 e. The maximum Gasteiger partial charge on any atom is 0.0168 e. The lowest BCUT2D eigenvalue weighted by atomic mass is 10.0. The van der Waals surface area contributed by atoms with E-state index in [-0.39, 0.29) is 0 Å². The van der Waals surface area contributed by atoms with E-state index in [0.717, 1.165) is 12.3 Å². The summed E-state index contributed by atoms with van der Waals surface area (Å²) in [5, 5.41) is 0. The maximum absolute atomic E-state index is 3.70. The van der Waals surface area contributed by atoms with Crippen molar-refractivity contribution in [2.45, 2.75) is 44.4 Å². The Hall–Kier alpha value is 0.220. The van der Waals surface area contributed by atoms with Gasteiger partial charge in [0.25, 0.3) is 0 Å². The molecule has 0 heterocycles. The molecule has 0 amide bonds. The maximum atomic E-state index is 3.70. The summed E-state index contributed by atoms with van der Waals surface area (Å²) in [4.78, 5) is 0.701. The van der Waals surface area contributed by atoms with Crippen LogP contribution in [0, 0.1) is 5.92 Å². The summed E-state index contributed by atoms with van der Waals surface area (Å²) in [5.74, 6) is 0.763. The third-order valence-electron chi connectivity index (χ3n) is 1.86. The fourth-order valence-electron chi connectivity index (χ4n) is 0.961. The van der Waals surface area contributed by atoms with Crippen molar-refractivity contribution in [1.29, 1.82) is 0 Å². The first-order valence-corrected chi connectivity index (χ1v) is 5.35. The summed E-state index contributed by atoms with van der Waals surface area (Å²) in [5.41, 5.74) is 0. The van der Waals surface area contributed by atoms with Gasteiger partial charge in [0.2, 0.25) is 0 Å². The molecule has 0 saturated heterocycles. The first kappa shape index (κ1) is 11.2. The SMILES string of the molecule is C=CCCCCC(Br)C(C)C. The van der Waals surface area contributed by atoms with Crippen molar-refractivity contribution in [2.24, 2.45) is 5.92 Å². The summed E-state index contributed by atoms with van der Waals surface area (Å²) < 4.78 is 0. The molecule has 0 nitrogen and oxygen atoms in total. The van der Waals surface area contributed by atoms with Crippen molar-refractivity contribution in [3.63, 3.8) is 0 Å². The zero-order valence-corrected chi connectivity index (χ0v) is 9.23. The van der Waals surface area contributed by atoms with E-state index in [2.05, 4.69) is 36.4 Å². The second kappa shape index (κ2) is 6.90. The molecular weight excluding hydrogens is 200 g/mol. The van der Waals surface area contributed by atoms with E-state index >= 15 is 0 Å². The Morgan fingerprint density at radius 2 is 2.00 bits per heavy atom. The van der Waals surface area contributed by atoms with Gasteiger partial charge < -0.3 is 0 Å². The second-order valence-electron chi connectivity index (χ2n) is 3.33. The van der Waals surface area contributed by atoms with Crippen LogP contribution in [0.1, 0.15) is 39.5 Å². The molecule has 0 aliphatic rings. The molecule has 0 aliphatic heterocycles. The average Bonchev–Trinajstić information content (AvgIpc) is 1.97. The normalized spacial score (nSPS) is 13.5. The van der Waals surface area contributed by atoms with E-state index in [1.54, 1.807) is 0 Å². The molecular formula is C10H19Br. The average molecular weight is 219 g/mol. The van der Waals surface area contributed by atoms with E-state index in [4.69, 9.17) is 0 Å². The monoisotopic (exact) mass is 218 g/mol. The van der Waals surface area contributed by atoms with Crippen molar-refractivity contribution in [2.75, 3.05) is 0 Å². The van der Waals surface area contributed by atoms with Crippen molar-refractivity contribution >= 4 is 15.9 Å². The summed E-state index contributed by atoms with van der Waals surface area (Å²) in [6.07, 6.45) is 7.07. The predicted octanol–water partition coefficient (Wildman–Crippen LogP) is 4.15. The first-order valence-electron chi connectivity index (χ1n) is 4.43. The molecule has 0 bridgehead atoms. The molecule has 0 rings (SSSR count). The number of allylic oxidation sites excluding steroid dienone is 1. The minimum atomic E-state index is 0.701. The van der Waals surface area contributed by atoms with Crippen molar-refractivity contribution in [3.8, 4) is 0 Å². The van der Waals surface area contributed by atoms with Gasteiger partial charge in [-0.3, -0.25) is 0 Å². The molecule has 66 valence electrons. The van der Waals surface area contributed by atoms with Gasteiger partial charge in [0.1, 0.15) is 0 Å². The highest BCUT2D eigenvalue weighted by molar-refractivity contribution is 9.09. The topological polar surface area (TPSA) is 0 Å². The predicted molar refractivity (Wildman–Crippen MR) is 56.2 cm³/mol. The van der Waals surface area contributed by atoms with Crippen molar-refractivity contribution in [3.05, 3.63) is 12.7 Å². The van der Waals surface area contributed by atoms with Gasteiger partial charge in [-0.25, -0.2) is 0 Å². The summed E-state index contributed by atoms with van der Waals surface area (Å²) >= 11 is 3.67. The van der Waals surface area contributed by atoms with Crippen LogP contribution in [0.25, 0.3) is 0 Å². The molecule has 1 unspecified atom stereocenters. The third-order valence-corrected chi connectivity index (χ3v) is 3.38. The fraction of sp³-hybridized carbons (Fsp3) is 0.800. The molecule has 0 aromatic carbocycles. The zero-order valence-electron chi connectivity index (χ0n) is 7.65. The number of rotatable bonds is 6. The highest BCUT2D eigenvalue weighted by atomic mass is 79.9. The molecule has 0 N–H and O–H groups in total. The van der Waals surface area contributed by atoms with Crippen molar-refractivity contribution in [1.82, 2.24) is 0 Å². The summed E-state index contributed by atoms with van der Waals surface area (Å²) in [6, 6.07) is 0. The van der Waals surface area contributed by atoms with Crippen LogP contribution < -0.4 is 0 Å². The molecule has 1 atom stereocenters. The Bertz CT molecular complexity index is 97.0. The van der Waals surface area contributed by atoms with Crippen molar-refractivity contribution < 1.29 is 0 Å². The molecule has 0 aromatic heterocycles. The lowest BCUT2D eigenvalue weighted by molar-refractivity contribution is 0.552. The highest BCUT2D eigenvalue weighted by Crippen LogP contribution is 2.18. The van der Waals surface area contributed by atoms with Gasteiger partial charge in [0.15, 0.2) is 0 Å². The van der Waals surface area contributed by atoms with Crippen LogP contribution in [0.4, 0.5) is 0 Å². The number of alkyl halides is 1. The number of hydrogen-bond donors (Lipinski definition) is 0. The lowest BCUT2D eigenvalue weighted by Gasteiger charge is -2.12. The van der Waals surface area contributed by atoms with Gasteiger partial charge in [-0.2, -0.15) is 0 Å². The van der Waals surface area contributed by atoms with E-state index < -0.39 is 0 Å². The molecule has 0 fully saturated rings. The van der Waals surface area contributed by atoms with Gasteiger partial charge in [0.05, 0.1) is 0 Å². The van der Waals surface area contributed by atoms with E-state index in [1.165, 1.54) is 19.3 Å². The van der Waals surface area contributed by atoms with Crippen LogP contribution in [0.3, 0.4) is 0 Å². The Labute approximate surface area is 79.2 Å². The quantitative estimate of drug-likeness (QED) is 0.357.